The summed E-state index contributed by atoms with van der Waals surface area (Å²) in [6.07, 6.45) is 0. The number of aromatic nitrogens is 2. The quantitative estimate of drug-likeness (QED) is 0.398. The van der Waals surface area contributed by atoms with E-state index < -0.39 is 0 Å². The third-order valence-corrected chi connectivity index (χ3v) is 4.69. The predicted molar refractivity (Wildman–Crippen MR) is 116 cm³/mol. The fourth-order valence-electron chi connectivity index (χ4n) is 3.06. The molecule has 7 heteroatoms. The highest BCUT2D eigenvalue weighted by molar-refractivity contribution is 5.64. The van der Waals surface area contributed by atoms with Crippen LogP contribution in [0.4, 0.5) is 0 Å². The molecule has 0 fully saturated rings. The molecule has 0 aliphatic heterocycles. The van der Waals surface area contributed by atoms with Gasteiger partial charge in [-0.25, -0.2) is 0 Å². The number of rotatable bonds is 8. The molecule has 0 bridgehead atoms. The molecule has 7 nitrogen and oxygen atoms in total. The van der Waals surface area contributed by atoms with Crippen molar-refractivity contribution < 1.29 is 23.5 Å². The van der Waals surface area contributed by atoms with E-state index in [-0.39, 0.29) is 0 Å². The molecule has 0 saturated carbocycles. The van der Waals surface area contributed by atoms with Gasteiger partial charge in [-0.1, -0.05) is 23.4 Å². The Bertz CT molecular complexity index is 1170. The van der Waals surface area contributed by atoms with E-state index >= 15 is 0 Å². The van der Waals surface area contributed by atoms with Crippen LogP contribution in [0.2, 0.25) is 0 Å². The Hall–Kier alpha value is -4.00. The largest absolute Gasteiger partial charge is 0.497 e. The SMILES string of the molecule is COc1cccc(COc2ccc(-c3noc(-c4cccc(OC)c4)n3)cc2OC)c1. The summed E-state index contributed by atoms with van der Waals surface area (Å²) in [5.41, 5.74) is 2.53. The van der Waals surface area contributed by atoms with Gasteiger partial charge in [0, 0.05) is 11.1 Å². The molecule has 1 aromatic heterocycles. The van der Waals surface area contributed by atoms with Crippen molar-refractivity contribution >= 4 is 0 Å². The van der Waals surface area contributed by atoms with Crippen molar-refractivity contribution in [1.29, 1.82) is 0 Å². The highest BCUT2D eigenvalue weighted by Gasteiger charge is 2.14. The summed E-state index contributed by atoms with van der Waals surface area (Å²) in [6.45, 7) is 0.384. The zero-order valence-electron chi connectivity index (χ0n) is 17.5. The van der Waals surface area contributed by atoms with Crippen molar-refractivity contribution in [2.45, 2.75) is 6.61 Å². The van der Waals surface area contributed by atoms with E-state index in [1.54, 1.807) is 21.3 Å². The second-order valence-corrected chi connectivity index (χ2v) is 6.66. The van der Waals surface area contributed by atoms with Gasteiger partial charge < -0.3 is 23.5 Å². The second kappa shape index (κ2) is 9.21. The molecule has 4 rings (SSSR count). The van der Waals surface area contributed by atoms with Crippen molar-refractivity contribution in [2.24, 2.45) is 0 Å². The van der Waals surface area contributed by atoms with Gasteiger partial charge in [0.1, 0.15) is 18.1 Å². The van der Waals surface area contributed by atoms with Gasteiger partial charge in [0.2, 0.25) is 5.82 Å². The summed E-state index contributed by atoms with van der Waals surface area (Å²) in [6, 6.07) is 20.7. The van der Waals surface area contributed by atoms with Gasteiger partial charge in [-0.2, -0.15) is 4.98 Å². The average Bonchev–Trinajstić information content (AvgIpc) is 3.33. The van der Waals surface area contributed by atoms with Crippen LogP contribution in [0.25, 0.3) is 22.8 Å². The molecule has 0 aliphatic carbocycles. The maximum Gasteiger partial charge on any atom is 0.258 e. The molecule has 31 heavy (non-hydrogen) atoms. The van der Waals surface area contributed by atoms with E-state index in [4.69, 9.17) is 23.5 Å². The van der Waals surface area contributed by atoms with E-state index in [0.717, 1.165) is 28.2 Å². The van der Waals surface area contributed by atoms with Gasteiger partial charge in [-0.3, -0.25) is 0 Å². The van der Waals surface area contributed by atoms with Crippen LogP contribution < -0.4 is 18.9 Å². The van der Waals surface area contributed by atoms with Gasteiger partial charge in [0.15, 0.2) is 11.5 Å². The Morgan fingerprint density at radius 2 is 1.52 bits per heavy atom. The lowest BCUT2D eigenvalue weighted by atomic mass is 10.2. The lowest BCUT2D eigenvalue weighted by molar-refractivity contribution is 0.284. The van der Waals surface area contributed by atoms with Gasteiger partial charge in [0.25, 0.3) is 5.89 Å². The molecular weight excluding hydrogens is 396 g/mol. The molecule has 0 spiro atoms. The lowest BCUT2D eigenvalue weighted by Gasteiger charge is -2.12. The molecule has 1 heterocycles. The zero-order valence-corrected chi connectivity index (χ0v) is 17.5. The highest BCUT2D eigenvalue weighted by atomic mass is 16.5. The number of ether oxygens (including phenoxy) is 4. The first-order chi connectivity index (χ1) is 15.2. The van der Waals surface area contributed by atoms with Crippen LogP contribution in [-0.4, -0.2) is 31.5 Å². The third-order valence-electron chi connectivity index (χ3n) is 4.69. The van der Waals surface area contributed by atoms with Crippen LogP contribution in [0, 0.1) is 0 Å². The Kier molecular flexibility index (Phi) is 6.03. The van der Waals surface area contributed by atoms with Crippen LogP contribution in [0.5, 0.6) is 23.0 Å². The van der Waals surface area contributed by atoms with Crippen LogP contribution in [0.1, 0.15) is 5.56 Å². The van der Waals surface area contributed by atoms with Gasteiger partial charge in [-0.15, -0.1) is 0 Å². The summed E-state index contributed by atoms with van der Waals surface area (Å²) in [5.74, 6) is 3.56. The maximum atomic E-state index is 5.95. The number of benzene rings is 3. The molecular formula is C24H22N2O5. The summed E-state index contributed by atoms with van der Waals surface area (Å²) < 4.78 is 27.4. The lowest BCUT2D eigenvalue weighted by Crippen LogP contribution is -1.98. The normalized spacial score (nSPS) is 10.5. The average molecular weight is 418 g/mol. The highest BCUT2D eigenvalue weighted by Crippen LogP contribution is 2.33. The Morgan fingerprint density at radius 3 is 2.29 bits per heavy atom. The zero-order chi connectivity index (χ0) is 21.6. The van der Waals surface area contributed by atoms with E-state index in [1.165, 1.54) is 0 Å². The number of nitrogens with zero attached hydrogens (tertiary/aromatic N) is 2. The molecule has 0 unspecified atom stereocenters. The first kappa shape index (κ1) is 20.3. The molecule has 0 atom stereocenters. The second-order valence-electron chi connectivity index (χ2n) is 6.66. The van der Waals surface area contributed by atoms with E-state index in [0.29, 0.717) is 29.8 Å². The summed E-state index contributed by atoms with van der Waals surface area (Å²) in [5, 5.41) is 4.10. The van der Waals surface area contributed by atoms with Crippen LogP contribution in [0.3, 0.4) is 0 Å². The molecule has 0 aliphatic rings. The fourth-order valence-corrected chi connectivity index (χ4v) is 3.06. The minimum atomic E-state index is 0.384. The number of methoxy groups -OCH3 is 3. The van der Waals surface area contributed by atoms with Crippen molar-refractivity contribution in [3.05, 3.63) is 72.3 Å². The van der Waals surface area contributed by atoms with Crippen molar-refractivity contribution in [1.82, 2.24) is 10.1 Å². The van der Waals surface area contributed by atoms with Gasteiger partial charge in [0.05, 0.1) is 21.3 Å². The molecule has 0 N–H and O–H groups in total. The predicted octanol–water partition coefficient (Wildman–Crippen LogP) is 5.01. The van der Waals surface area contributed by atoms with Crippen LogP contribution in [0.15, 0.2) is 71.3 Å². The molecule has 0 amide bonds. The van der Waals surface area contributed by atoms with Crippen LogP contribution in [-0.2, 0) is 6.61 Å². The Morgan fingerprint density at radius 1 is 0.742 bits per heavy atom. The fraction of sp³-hybridized carbons (Fsp3) is 0.167. The maximum absolute atomic E-state index is 5.95. The summed E-state index contributed by atoms with van der Waals surface area (Å²) in [7, 11) is 4.84. The minimum Gasteiger partial charge on any atom is -0.497 e. The molecule has 158 valence electrons. The summed E-state index contributed by atoms with van der Waals surface area (Å²) >= 11 is 0. The van der Waals surface area contributed by atoms with E-state index in [1.807, 2.05) is 66.7 Å². The number of hydrogen-bond donors (Lipinski definition) is 0. The smallest absolute Gasteiger partial charge is 0.258 e. The minimum absolute atomic E-state index is 0.384. The molecule has 0 radical (unpaired) electrons. The summed E-state index contributed by atoms with van der Waals surface area (Å²) in [4.78, 5) is 4.50. The molecule has 0 saturated heterocycles. The van der Waals surface area contributed by atoms with Gasteiger partial charge >= 0.3 is 0 Å². The Labute approximate surface area is 180 Å². The first-order valence-electron chi connectivity index (χ1n) is 9.62. The van der Waals surface area contributed by atoms with Crippen molar-refractivity contribution in [2.75, 3.05) is 21.3 Å². The topological polar surface area (TPSA) is 75.8 Å². The van der Waals surface area contributed by atoms with E-state index in [2.05, 4.69) is 10.1 Å². The van der Waals surface area contributed by atoms with Crippen LogP contribution >= 0.6 is 0 Å². The van der Waals surface area contributed by atoms with Crippen molar-refractivity contribution in [3.63, 3.8) is 0 Å². The van der Waals surface area contributed by atoms with Gasteiger partial charge in [-0.05, 0) is 54.1 Å². The molecule has 3 aromatic carbocycles. The standard InChI is InChI=1S/C24H22N2O5/c1-27-19-8-4-6-16(12-19)15-30-21-11-10-17(14-22(21)29-3)23-25-24(31-26-23)18-7-5-9-20(13-18)28-2/h4-14H,15H2,1-3H3. The number of hydrogen-bond acceptors (Lipinski definition) is 7. The first-order valence-corrected chi connectivity index (χ1v) is 9.62. The Balaban J connectivity index is 1.53. The van der Waals surface area contributed by atoms with Crippen molar-refractivity contribution in [3.8, 4) is 45.8 Å². The monoisotopic (exact) mass is 418 g/mol. The molecule has 4 aromatic rings. The van der Waals surface area contributed by atoms with E-state index in [9.17, 15) is 0 Å². The third kappa shape index (κ3) is 4.61.